The summed E-state index contributed by atoms with van der Waals surface area (Å²) in [4.78, 5) is 77.4. The molecule has 2 rings (SSSR count). The number of ether oxygens (including phenoxy) is 1. The van der Waals surface area contributed by atoms with E-state index in [4.69, 9.17) is 4.74 Å². The molecule has 1 aliphatic heterocycles. The van der Waals surface area contributed by atoms with Gasteiger partial charge >= 0.3 is 5.97 Å². The summed E-state index contributed by atoms with van der Waals surface area (Å²) < 4.78 is 5.53. The van der Waals surface area contributed by atoms with Gasteiger partial charge in [0.1, 0.15) is 30.5 Å². The average Bonchev–Trinajstić information content (AvgIpc) is 3.05. The van der Waals surface area contributed by atoms with E-state index in [1.54, 1.807) is 45.9 Å². The van der Waals surface area contributed by atoms with Crippen molar-refractivity contribution in [2.24, 2.45) is 11.8 Å². The standard InChI is InChI=1S/C36H53N5O8/c1-6-7-8-9-10-11-12-13-29(43)37-21-31(45)41-32(23(2)3)34(46)38-26-16-19-30(44)40-33(24(4)5)35(47)39-28(36(48)49-22-26)20-25-14-17-27(42)18-15-25/h11-12,14-19,23-24,26,28,32-33,42H,6-10,13,20-22H2,1-5H3,(H,37,43)(H,38,46)(H,39,47)(H,40,44)(H,41,45)/b12-11-,19-16+/t26-,28+,32+,33+/m1/s1. The van der Waals surface area contributed by atoms with E-state index in [2.05, 4.69) is 33.5 Å². The van der Waals surface area contributed by atoms with Crippen molar-refractivity contribution in [1.82, 2.24) is 26.6 Å². The number of phenolic OH excluding ortho intramolecular Hbond substituents is 1. The fourth-order valence-corrected chi connectivity index (χ4v) is 4.96. The molecule has 13 nitrogen and oxygen atoms in total. The van der Waals surface area contributed by atoms with Gasteiger partial charge in [-0.2, -0.15) is 0 Å². The van der Waals surface area contributed by atoms with Crippen LogP contribution in [0.15, 0.2) is 48.6 Å². The third kappa shape index (κ3) is 15.4. The molecule has 0 bridgehead atoms. The SMILES string of the molecule is CCCCCC/C=C\CC(=O)NCC(=O)N[C@H](C(=O)N[C@@H]1/C=C/C(=O)N[C@@H](C(C)C)C(=O)N[C@@H](Cc2ccc(O)cc2)C(=O)OC1)C(C)C. The molecule has 0 spiro atoms. The van der Waals surface area contributed by atoms with Gasteiger partial charge in [0, 0.05) is 18.9 Å². The topological polar surface area (TPSA) is 192 Å². The number of unbranched alkanes of at least 4 members (excludes halogenated alkanes) is 4. The van der Waals surface area contributed by atoms with Gasteiger partial charge in [0.2, 0.25) is 29.5 Å². The lowest BCUT2D eigenvalue weighted by molar-refractivity contribution is -0.149. The molecule has 0 saturated carbocycles. The van der Waals surface area contributed by atoms with Crippen LogP contribution < -0.4 is 26.6 Å². The van der Waals surface area contributed by atoms with Crippen LogP contribution in [0.2, 0.25) is 0 Å². The highest BCUT2D eigenvalue weighted by Gasteiger charge is 2.31. The molecule has 0 unspecified atom stereocenters. The Bertz CT molecular complexity index is 1320. The summed E-state index contributed by atoms with van der Waals surface area (Å²) in [6.07, 6.45) is 11.9. The van der Waals surface area contributed by atoms with Gasteiger partial charge in [-0.3, -0.25) is 24.0 Å². The maximum absolute atomic E-state index is 13.4. The first-order chi connectivity index (χ1) is 23.3. The third-order valence-corrected chi connectivity index (χ3v) is 7.84. The zero-order valence-corrected chi connectivity index (χ0v) is 29.3. The van der Waals surface area contributed by atoms with E-state index in [0.717, 1.165) is 31.8 Å². The number of cyclic esters (lactones) is 1. The average molecular weight is 684 g/mol. The number of hydrogen-bond acceptors (Lipinski definition) is 8. The molecule has 0 fully saturated rings. The van der Waals surface area contributed by atoms with Crippen molar-refractivity contribution in [2.75, 3.05) is 13.2 Å². The van der Waals surface area contributed by atoms with Crippen molar-refractivity contribution < 1.29 is 38.6 Å². The van der Waals surface area contributed by atoms with E-state index in [9.17, 15) is 33.9 Å². The number of carbonyl (C=O) groups is 6. The molecule has 270 valence electrons. The van der Waals surface area contributed by atoms with Crippen molar-refractivity contribution in [2.45, 2.75) is 104 Å². The molecular weight excluding hydrogens is 630 g/mol. The molecule has 49 heavy (non-hydrogen) atoms. The summed E-state index contributed by atoms with van der Waals surface area (Å²) >= 11 is 0. The van der Waals surface area contributed by atoms with Crippen LogP contribution in [-0.4, -0.2) is 77.9 Å². The van der Waals surface area contributed by atoms with Crippen LogP contribution in [0.4, 0.5) is 0 Å². The Morgan fingerprint density at radius 1 is 0.980 bits per heavy atom. The Morgan fingerprint density at radius 3 is 2.35 bits per heavy atom. The Hall–Kier alpha value is -4.68. The fourth-order valence-electron chi connectivity index (χ4n) is 4.96. The highest BCUT2D eigenvalue weighted by Crippen LogP contribution is 2.13. The Kier molecular flexibility index (Phi) is 17.6. The number of carbonyl (C=O) groups excluding carboxylic acids is 6. The minimum absolute atomic E-state index is 0.0406. The van der Waals surface area contributed by atoms with Gasteiger partial charge in [0.15, 0.2) is 0 Å². The van der Waals surface area contributed by atoms with Crippen molar-refractivity contribution in [3.05, 3.63) is 54.1 Å². The Morgan fingerprint density at radius 2 is 1.69 bits per heavy atom. The van der Waals surface area contributed by atoms with Crippen molar-refractivity contribution >= 4 is 35.5 Å². The molecule has 5 amide bonds. The minimum atomic E-state index is -1.13. The zero-order chi connectivity index (χ0) is 36.3. The van der Waals surface area contributed by atoms with Crippen LogP contribution in [-0.2, 0) is 39.9 Å². The molecule has 1 aliphatic rings. The zero-order valence-electron chi connectivity index (χ0n) is 29.3. The van der Waals surface area contributed by atoms with Crippen molar-refractivity contribution in [3.63, 3.8) is 0 Å². The molecular formula is C36H53N5O8. The van der Waals surface area contributed by atoms with Gasteiger partial charge in [-0.15, -0.1) is 0 Å². The summed E-state index contributed by atoms with van der Waals surface area (Å²) in [5.41, 5.74) is 0.642. The second-order valence-corrected chi connectivity index (χ2v) is 12.9. The van der Waals surface area contributed by atoms with Crippen LogP contribution in [0, 0.1) is 11.8 Å². The molecule has 4 atom stereocenters. The molecule has 1 heterocycles. The number of esters is 1. The molecule has 0 aromatic heterocycles. The minimum Gasteiger partial charge on any atom is -0.508 e. The Labute approximate surface area is 289 Å². The first-order valence-corrected chi connectivity index (χ1v) is 17.1. The van der Waals surface area contributed by atoms with Crippen LogP contribution in [0.25, 0.3) is 0 Å². The number of benzene rings is 1. The van der Waals surface area contributed by atoms with Crippen LogP contribution in [0.1, 0.15) is 78.7 Å². The number of allylic oxidation sites excluding steroid dienone is 1. The number of amides is 5. The second kappa shape index (κ2) is 21.3. The molecule has 0 aliphatic carbocycles. The van der Waals surface area contributed by atoms with Gasteiger partial charge in [-0.05, 0) is 42.4 Å². The summed E-state index contributed by atoms with van der Waals surface area (Å²) in [5, 5.41) is 22.9. The lowest BCUT2D eigenvalue weighted by atomic mass is 10.0. The van der Waals surface area contributed by atoms with Gasteiger partial charge in [-0.1, -0.05) is 84.2 Å². The van der Waals surface area contributed by atoms with E-state index >= 15 is 0 Å². The number of rotatable bonds is 16. The maximum atomic E-state index is 13.4. The van der Waals surface area contributed by atoms with Crippen LogP contribution in [0.5, 0.6) is 5.75 Å². The third-order valence-electron chi connectivity index (χ3n) is 7.84. The highest BCUT2D eigenvalue weighted by molar-refractivity contribution is 5.95. The molecule has 0 saturated heterocycles. The summed E-state index contributed by atoms with van der Waals surface area (Å²) in [7, 11) is 0. The highest BCUT2D eigenvalue weighted by atomic mass is 16.5. The first kappa shape index (κ1) is 40.5. The first-order valence-electron chi connectivity index (χ1n) is 17.1. The lowest BCUT2D eigenvalue weighted by Crippen LogP contribution is -2.56. The molecule has 1 aromatic rings. The van der Waals surface area contributed by atoms with Crippen LogP contribution >= 0.6 is 0 Å². The van der Waals surface area contributed by atoms with Crippen LogP contribution in [0.3, 0.4) is 0 Å². The van der Waals surface area contributed by atoms with E-state index in [-0.39, 0.29) is 49.5 Å². The lowest BCUT2D eigenvalue weighted by Gasteiger charge is -2.27. The fraction of sp³-hybridized carbons (Fsp3) is 0.556. The van der Waals surface area contributed by atoms with Gasteiger partial charge in [0.05, 0.1) is 12.6 Å². The molecule has 6 N–H and O–H groups in total. The quantitative estimate of drug-likeness (QED) is 0.0869. The van der Waals surface area contributed by atoms with Crippen molar-refractivity contribution in [1.29, 1.82) is 0 Å². The second-order valence-electron chi connectivity index (χ2n) is 12.9. The molecule has 0 radical (unpaired) electrons. The number of hydrogen-bond donors (Lipinski definition) is 6. The summed E-state index contributed by atoms with van der Waals surface area (Å²) in [5.74, 6) is -4.02. The van der Waals surface area contributed by atoms with E-state index in [1.807, 2.05) is 6.08 Å². The summed E-state index contributed by atoms with van der Waals surface area (Å²) in [6, 6.07) is 2.07. The van der Waals surface area contributed by atoms with Crippen molar-refractivity contribution in [3.8, 4) is 5.75 Å². The number of phenols is 1. The van der Waals surface area contributed by atoms with E-state index in [1.165, 1.54) is 24.6 Å². The largest absolute Gasteiger partial charge is 0.508 e. The normalized spacial score (nSPS) is 20.0. The number of aromatic hydroxyl groups is 1. The monoisotopic (exact) mass is 683 g/mol. The predicted octanol–water partition coefficient (Wildman–Crippen LogP) is 2.33. The molecule has 13 heteroatoms. The number of nitrogens with one attached hydrogen (secondary N) is 5. The smallest absolute Gasteiger partial charge is 0.329 e. The van der Waals surface area contributed by atoms with E-state index < -0.39 is 53.8 Å². The van der Waals surface area contributed by atoms with Gasteiger partial charge in [0.25, 0.3) is 0 Å². The Balaban J connectivity index is 2.09. The maximum Gasteiger partial charge on any atom is 0.329 e. The van der Waals surface area contributed by atoms with Gasteiger partial charge in [-0.25, -0.2) is 4.79 Å². The van der Waals surface area contributed by atoms with Gasteiger partial charge < -0.3 is 36.4 Å². The van der Waals surface area contributed by atoms with E-state index in [0.29, 0.717) is 5.56 Å². The predicted molar refractivity (Wildman–Crippen MR) is 185 cm³/mol. The molecule has 1 aromatic carbocycles. The summed E-state index contributed by atoms with van der Waals surface area (Å²) in [6.45, 7) is 8.43.